The highest BCUT2D eigenvalue weighted by Crippen LogP contribution is 2.41. The van der Waals surface area contributed by atoms with Crippen molar-refractivity contribution in [2.24, 2.45) is 0 Å². The van der Waals surface area contributed by atoms with Crippen LogP contribution in [0.5, 0.6) is 0 Å². The maximum absolute atomic E-state index is 12.9. The molecule has 4 rings (SSSR count). The zero-order valence-electron chi connectivity index (χ0n) is 11.9. The predicted molar refractivity (Wildman–Crippen MR) is 78.7 cm³/mol. The van der Waals surface area contributed by atoms with Crippen molar-refractivity contribution in [3.8, 4) is 17.5 Å². The molecule has 2 aromatic heterocycles. The van der Waals surface area contributed by atoms with Gasteiger partial charge in [0.05, 0.1) is 28.9 Å². The smallest absolute Gasteiger partial charge is 0.282 e. The van der Waals surface area contributed by atoms with Gasteiger partial charge in [0.15, 0.2) is 0 Å². The Morgan fingerprint density at radius 2 is 2.09 bits per heavy atom. The van der Waals surface area contributed by atoms with E-state index in [1.54, 1.807) is 18.2 Å². The van der Waals surface area contributed by atoms with Gasteiger partial charge in [0, 0.05) is 11.6 Å². The third kappa shape index (κ3) is 2.32. The van der Waals surface area contributed by atoms with Crippen molar-refractivity contribution in [2.75, 3.05) is 0 Å². The molecule has 1 saturated carbocycles. The number of fused-ring (bicyclic) bond motifs is 1. The number of nitrogens with zero attached hydrogens (tertiary/aromatic N) is 5. The van der Waals surface area contributed by atoms with Crippen LogP contribution in [0.2, 0.25) is 0 Å². The van der Waals surface area contributed by atoms with Crippen LogP contribution >= 0.6 is 0 Å². The molecule has 1 aromatic carbocycles. The van der Waals surface area contributed by atoms with Crippen molar-refractivity contribution in [1.82, 2.24) is 19.7 Å². The molecule has 0 N–H and O–H groups in total. The van der Waals surface area contributed by atoms with Crippen LogP contribution in [0.3, 0.4) is 0 Å². The molecule has 0 atom stereocenters. The molecule has 5 nitrogen and oxygen atoms in total. The molecule has 0 spiro atoms. The van der Waals surface area contributed by atoms with Gasteiger partial charge in [0.25, 0.3) is 6.43 Å². The Bertz CT molecular complexity index is 937. The zero-order chi connectivity index (χ0) is 16.0. The first-order valence-electron chi connectivity index (χ1n) is 7.20. The Morgan fingerprint density at radius 3 is 2.78 bits per heavy atom. The second-order valence-electron chi connectivity index (χ2n) is 5.52. The number of imidazole rings is 1. The number of rotatable bonds is 3. The number of nitriles is 1. The van der Waals surface area contributed by atoms with Crippen LogP contribution in [0.1, 0.15) is 36.6 Å². The van der Waals surface area contributed by atoms with Gasteiger partial charge in [0.1, 0.15) is 11.5 Å². The highest BCUT2D eigenvalue weighted by atomic mass is 19.3. The molecule has 0 aliphatic heterocycles. The van der Waals surface area contributed by atoms with Gasteiger partial charge in [-0.3, -0.25) is 0 Å². The standard InChI is InChI=1S/C16H11F2N5/c17-15(18)13-6-10(8-20-22-13)16-21-12-4-1-9(7-19)5-14(12)23(16)11-2-3-11/h1,4-6,8,11,15H,2-3H2. The van der Waals surface area contributed by atoms with Crippen LogP contribution in [0.15, 0.2) is 30.5 Å². The maximum atomic E-state index is 12.9. The van der Waals surface area contributed by atoms with Crippen LogP contribution in [0, 0.1) is 11.3 Å². The summed E-state index contributed by atoms with van der Waals surface area (Å²) in [5, 5.41) is 16.2. The number of hydrogen-bond acceptors (Lipinski definition) is 4. The van der Waals surface area contributed by atoms with Crippen molar-refractivity contribution in [3.63, 3.8) is 0 Å². The first-order chi connectivity index (χ1) is 11.2. The summed E-state index contributed by atoms with van der Waals surface area (Å²) in [5.74, 6) is 0.592. The van der Waals surface area contributed by atoms with Crippen LogP contribution in [-0.2, 0) is 0 Å². The predicted octanol–water partition coefficient (Wildman–Crippen LogP) is 3.64. The molecule has 0 unspecified atom stereocenters. The molecular formula is C16H11F2N5. The number of hydrogen-bond donors (Lipinski definition) is 0. The number of halogens is 2. The Balaban J connectivity index is 1.95. The second kappa shape index (κ2) is 5.09. The minimum Gasteiger partial charge on any atom is -0.321 e. The van der Waals surface area contributed by atoms with Gasteiger partial charge in [-0.2, -0.15) is 10.4 Å². The van der Waals surface area contributed by atoms with Gasteiger partial charge in [-0.1, -0.05) is 0 Å². The highest BCUT2D eigenvalue weighted by Gasteiger charge is 2.29. The molecule has 2 heterocycles. The monoisotopic (exact) mass is 311 g/mol. The lowest BCUT2D eigenvalue weighted by Crippen LogP contribution is -2.00. The van der Waals surface area contributed by atoms with Crippen molar-refractivity contribution in [2.45, 2.75) is 25.3 Å². The molecule has 1 aliphatic rings. The average molecular weight is 311 g/mol. The summed E-state index contributed by atoms with van der Waals surface area (Å²) in [6, 6.07) is 8.98. The van der Waals surface area contributed by atoms with Crippen LogP contribution in [0.4, 0.5) is 8.78 Å². The normalized spacial score (nSPS) is 14.3. The van der Waals surface area contributed by atoms with E-state index in [0.717, 1.165) is 23.9 Å². The average Bonchev–Trinajstić information content (AvgIpc) is 3.34. The third-order valence-corrected chi connectivity index (χ3v) is 3.89. The topological polar surface area (TPSA) is 67.4 Å². The lowest BCUT2D eigenvalue weighted by Gasteiger charge is -2.08. The fraction of sp³-hybridized carbons (Fsp3) is 0.250. The van der Waals surface area contributed by atoms with E-state index in [1.807, 2.05) is 4.57 Å². The molecule has 3 aromatic rings. The lowest BCUT2D eigenvalue weighted by molar-refractivity contribution is 0.145. The molecule has 0 amide bonds. The summed E-state index contributed by atoms with van der Waals surface area (Å²) in [4.78, 5) is 4.56. The number of aromatic nitrogens is 4. The summed E-state index contributed by atoms with van der Waals surface area (Å²) in [6.07, 6.45) is 0.786. The van der Waals surface area contributed by atoms with Gasteiger partial charge in [-0.25, -0.2) is 13.8 Å². The molecule has 0 saturated heterocycles. The van der Waals surface area contributed by atoms with Crippen molar-refractivity contribution in [1.29, 1.82) is 5.26 Å². The lowest BCUT2D eigenvalue weighted by atomic mass is 10.2. The van der Waals surface area contributed by atoms with E-state index in [0.29, 0.717) is 17.0 Å². The third-order valence-electron chi connectivity index (χ3n) is 3.89. The summed E-state index contributed by atoms with van der Waals surface area (Å²) in [7, 11) is 0. The van der Waals surface area contributed by atoms with Gasteiger partial charge in [0.2, 0.25) is 0 Å². The zero-order valence-corrected chi connectivity index (χ0v) is 11.9. The van der Waals surface area contributed by atoms with E-state index < -0.39 is 6.43 Å². The number of benzene rings is 1. The fourth-order valence-electron chi connectivity index (χ4n) is 2.68. The Kier molecular flexibility index (Phi) is 3.05. The van der Waals surface area contributed by atoms with Gasteiger partial charge >= 0.3 is 0 Å². The van der Waals surface area contributed by atoms with Crippen LogP contribution < -0.4 is 0 Å². The Hall–Kier alpha value is -2.88. The van der Waals surface area contributed by atoms with Crippen molar-refractivity contribution >= 4 is 11.0 Å². The molecule has 0 bridgehead atoms. The summed E-state index contributed by atoms with van der Waals surface area (Å²) >= 11 is 0. The Labute approximate surface area is 130 Å². The molecule has 1 fully saturated rings. The van der Waals surface area contributed by atoms with Crippen LogP contribution in [-0.4, -0.2) is 19.7 Å². The minimum atomic E-state index is -2.67. The van der Waals surface area contributed by atoms with Crippen molar-refractivity contribution in [3.05, 3.63) is 41.7 Å². The second-order valence-corrected chi connectivity index (χ2v) is 5.52. The summed E-state index contributed by atoms with van der Waals surface area (Å²) < 4.78 is 27.8. The SMILES string of the molecule is N#Cc1ccc2nc(-c3cnnc(C(F)F)c3)n(C3CC3)c2c1. The maximum Gasteiger partial charge on any atom is 0.282 e. The van der Waals surface area contributed by atoms with Gasteiger partial charge in [-0.15, -0.1) is 5.10 Å². The molecule has 0 radical (unpaired) electrons. The van der Waals surface area contributed by atoms with Gasteiger partial charge in [-0.05, 0) is 37.1 Å². The van der Waals surface area contributed by atoms with E-state index in [2.05, 4.69) is 21.3 Å². The first kappa shape index (κ1) is 13.8. The van der Waals surface area contributed by atoms with Crippen molar-refractivity contribution < 1.29 is 8.78 Å². The summed E-state index contributed by atoms with van der Waals surface area (Å²) in [5.41, 5.74) is 2.27. The number of alkyl halides is 2. The quantitative estimate of drug-likeness (QED) is 0.740. The highest BCUT2D eigenvalue weighted by molar-refractivity contribution is 5.82. The van der Waals surface area contributed by atoms with E-state index in [4.69, 9.17) is 5.26 Å². The Morgan fingerprint density at radius 1 is 1.26 bits per heavy atom. The fourth-order valence-corrected chi connectivity index (χ4v) is 2.68. The van der Waals surface area contributed by atoms with E-state index in [1.165, 1.54) is 12.3 Å². The van der Waals surface area contributed by atoms with E-state index in [-0.39, 0.29) is 11.7 Å². The largest absolute Gasteiger partial charge is 0.321 e. The summed E-state index contributed by atoms with van der Waals surface area (Å²) in [6.45, 7) is 0. The van der Waals surface area contributed by atoms with Gasteiger partial charge < -0.3 is 4.57 Å². The van der Waals surface area contributed by atoms with E-state index in [9.17, 15) is 8.78 Å². The molecule has 23 heavy (non-hydrogen) atoms. The van der Waals surface area contributed by atoms with E-state index >= 15 is 0 Å². The van der Waals surface area contributed by atoms with Crippen LogP contribution in [0.25, 0.3) is 22.4 Å². The molecular weight excluding hydrogens is 300 g/mol. The molecule has 7 heteroatoms. The molecule has 114 valence electrons. The first-order valence-corrected chi connectivity index (χ1v) is 7.20. The minimum absolute atomic E-state index is 0.284. The molecule has 1 aliphatic carbocycles.